The first kappa shape index (κ1) is 17.0. The molecule has 0 aromatic carbocycles. The molecule has 1 unspecified atom stereocenters. The minimum atomic E-state index is -0.0883. The summed E-state index contributed by atoms with van der Waals surface area (Å²) in [5.41, 5.74) is 2.87. The highest BCUT2D eigenvalue weighted by atomic mass is 16.1. The van der Waals surface area contributed by atoms with E-state index in [1.807, 2.05) is 24.5 Å². The third-order valence-electron chi connectivity index (χ3n) is 5.57. The average molecular weight is 374 g/mol. The summed E-state index contributed by atoms with van der Waals surface area (Å²) in [6, 6.07) is 7.32. The summed E-state index contributed by atoms with van der Waals surface area (Å²) < 4.78 is 1.57. The first-order valence-corrected chi connectivity index (χ1v) is 9.85. The molecule has 28 heavy (non-hydrogen) atoms. The molecule has 1 saturated carbocycles. The third kappa shape index (κ3) is 3.40. The van der Waals surface area contributed by atoms with Gasteiger partial charge in [-0.2, -0.15) is 5.10 Å². The van der Waals surface area contributed by atoms with Crippen molar-refractivity contribution in [2.45, 2.75) is 44.2 Å². The maximum Gasteiger partial charge on any atom is 0.266 e. The molecule has 7 heteroatoms. The Morgan fingerprint density at radius 1 is 1.00 bits per heavy atom. The molecule has 1 saturated heterocycles. The van der Waals surface area contributed by atoms with Gasteiger partial charge in [0.15, 0.2) is 0 Å². The zero-order valence-electron chi connectivity index (χ0n) is 15.6. The minimum absolute atomic E-state index is 0.0883. The summed E-state index contributed by atoms with van der Waals surface area (Å²) in [7, 11) is 0. The van der Waals surface area contributed by atoms with Crippen LogP contribution in [0.4, 0.5) is 5.95 Å². The SMILES string of the molecule is O=c1ccc(-c2ccncc2)nn1CC1CCCN1c1ncc(C2CC2)cn1. The molecule has 1 atom stereocenters. The van der Waals surface area contributed by atoms with E-state index in [2.05, 4.69) is 25.0 Å². The Labute approximate surface area is 163 Å². The number of nitrogens with zero attached hydrogens (tertiary/aromatic N) is 6. The van der Waals surface area contributed by atoms with Crippen molar-refractivity contribution in [3.63, 3.8) is 0 Å². The molecule has 4 heterocycles. The van der Waals surface area contributed by atoms with Gasteiger partial charge in [-0.1, -0.05) is 0 Å². The summed E-state index contributed by atoms with van der Waals surface area (Å²) in [6.45, 7) is 1.44. The van der Waals surface area contributed by atoms with E-state index in [-0.39, 0.29) is 11.6 Å². The molecule has 5 rings (SSSR count). The Bertz CT molecular complexity index is 1010. The van der Waals surface area contributed by atoms with Gasteiger partial charge in [0.2, 0.25) is 5.95 Å². The van der Waals surface area contributed by atoms with Gasteiger partial charge in [-0.05, 0) is 55.4 Å². The quantitative estimate of drug-likeness (QED) is 0.683. The highest BCUT2D eigenvalue weighted by molar-refractivity contribution is 5.57. The number of aromatic nitrogens is 5. The van der Waals surface area contributed by atoms with Gasteiger partial charge in [-0.3, -0.25) is 9.78 Å². The van der Waals surface area contributed by atoms with Crippen molar-refractivity contribution in [1.82, 2.24) is 24.7 Å². The molecule has 0 radical (unpaired) electrons. The van der Waals surface area contributed by atoms with E-state index in [9.17, 15) is 4.79 Å². The summed E-state index contributed by atoms with van der Waals surface area (Å²) in [5.74, 6) is 1.41. The van der Waals surface area contributed by atoms with Gasteiger partial charge >= 0.3 is 0 Å². The van der Waals surface area contributed by atoms with Crippen LogP contribution >= 0.6 is 0 Å². The van der Waals surface area contributed by atoms with E-state index < -0.39 is 0 Å². The van der Waals surface area contributed by atoms with Crippen molar-refractivity contribution in [2.24, 2.45) is 0 Å². The smallest absolute Gasteiger partial charge is 0.266 e. The number of rotatable bonds is 5. The van der Waals surface area contributed by atoms with Crippen molar-refractivity contribution >= 4 is 5.95 Å². The molecular weight excluding hydrogens is 352 g/mol. The summed E-state index contributed by atoms with van der Waals surface area (Å²) in [6.07, 6.45) is 11.9. The van der Waals surface area contributed by atoms with Gasteiger partial charge in [0.1, 0.15) is 0 Å². The van der Waals surface area contributed by atoms with Crippen LogP contribution in [-0.4, -0.2) is 37.3 Å². The Morgan fingerprint density at radius 2 is 1.79 bits per heavy atom. The third-order valence-corrected chi connectivity index (χ3v) is 5.57. The zero-order valence-corrected chi connectivity index (χ0v) is 15.6. The fraction of sp³-hybridized carbons (Fsp3) is 0.381. The molecule has 2 fully saturated rings. The topological polar surface area (TPSA) is 76.8 Å². The van der Waals surface area contributed by atoms with Gasteiger partial charge in [0.25, 0.3) is 5.56 Å². The predicted molar refractivity (Wildman–Crippen MR) is 106 cm³/mol. The van der Waals surface area contributed by atoms with E-state index in [1.54, 1.807) is 29.2 Å². The molecule has 2 aliphatic rings. The lowest BCUT2D eigenvalue weighted by molar-refractivity contribution is 0.487. The Morgan fingerprint density at radius 3 is 2.54 bits per heavy atom. The van der Waals surface area contributed by atoms with Crippen molar-refractivity contribution < 1.29 is 0 Å². The van der Waals surface area contributed by atoms with Gasteiger partial charge in [0, 0.05) is 43.0 Å². The Balaban J connectivity index is 1.38. The molecule has 142 valence electrons. The van der Waals surface area contributed by atoms with Crippen molar-refractivity contribution in [3.05, 3.63) is 65.0 Å². The summed E-state index contributed by atoms with van der Waals surface area (Å²) >= 11 is 0. The van der Waals surface area contributed by atoms with Gasteiger partial charge in [-0.15, -0.1) is 0 Å². The predicted octanol–water partition coefficient (Wildman–Crippen LogP) is 2.64. The summed E-state index contributed by atoms with van der Waals surface area (Å²) in [4.78, 5) is 27.9. The van der Waals surface area contributed by atoms with E-state index in [1.165, 1.54) is 18.4 Å². The van der Waals surface area contributed by atoms with E-state index in [0.717, 1.165) is 36.6 Å². The highest BCUT2D eigenvalue weighted by Gasteiger charge is 2.29. The zero-order chi connectivity index (χ0) is 18.9. The molecule has 3 aromatic heterocycles. The van der Waals surface area contributed by atoms with Crippen LogP contribution in [0.3, 0.4) is 0 Å². The van der Waals surface area contributed by atoms with Crippen molar-refractivity contribution in [3.8, 4) is 11.3 Å². The van der Waals surface area contributed by atoms with Crippen LogP contribution in [-0.2, 0) is 6.54 Å². The Hall–Kier alpha value is -3.09. The average Bonchev–Trinajstić information content (AvgIpc) is 3.49. The molecule has 0 N–H and O–H groups in total. The van der Waals surface area contributed by atoms with Crippen LogP contribution in [0.2, 0.25) is 0 Å². The van der Waals surface area contributed by atoms with Gasteiger partial charge in [0.05, 0.1) is 18.3 Å². The maximum atomic E-state index is 12.4. The molecular formula is C21H22N6O. The Kier molecular flexibility index (Phi) is 4.35. The number of pyridine rings is 1. The van der Waals surface area contributed by atoms with Gasteiger partial charge < -0.3 is 4.90 Å². The second-order valence-corrected chi connectivity index (χ2v) is 7.55. The van der Waals surface area contributed by atoms with Crippen LogP contribution in [0, 0.1) is 0 Å². The first-order chi connectivity index (χ1) is 13.8. The van der Waals surface area contributed by atoms with Crippen LogP contribution in [0.15, 0.2) is 53.8 Å². The molecule has 3 aromatic rings. The number of hydrogen-bond donors (Lipinski definition) is 0. The fourth-order valence-electron chi connectivity index (χ4n) is 3.85. The standard InChI is InChI=1S/C21H22N6O/c28-20-6-5-19(16-7-9-22-10-8-16)25-27(20)14-18-2-1-11-26(18)21-23-12-17(13-24-21)15-3-4-15/h5-10,12-13,15,18H,1-4,11,14H2. The molecule has 1 aliphatic carbocycles. The highest BCUT2D eigenvalue weighted by Crippen LogP contribution is 2.39. The van der Waals surface area contributed by atoms with Gasteiger partial charge in [-0.25, -0.2) is 14.6 Å². The van der Waals surface area contributed by atoms with E-state index in [4.69, 9.17) is 0 Å². The monoisotopic (exact) mass is 374 g/mol. The first-order valence-electron chi connectivity index (χ1n) is 9.85. The van der Waals surface area contributed by atoms with Crippen LogP contribution in [0.5, 0.6) is 0 Å². The van der Waals surface area contributed by atoms with Crippen LogP contribution < -0.4 is 10.5 Å². The summed E-state index contributed by atoms with van der Waals surface area (Å²) in [5, 5.41) is 4.59. The lowest BCUT2D eigenvalue weighted by Gasteiger charge is -2.25. The second kappa shape index (κ2) is 7.14. The lowest BCUT2D eigenvalue weighted by atomic mass is 10.2. The van der Waals surface area contributed by atoms with Crippen LogP contribution in [0.1, 0.15) is 37.2 Å². The van der Waals surface area contributed by atoms with E-state index >= 15 is 0 Å². The minimum Gasteiger partial charge on any atom is -0.336 e. The maximum absolute atomic E-state index is 12.4. The second-order valence-electron chi connectivity index (χ2n) is 7.55. The molecule has 1 aliphatic heterocycles. The number of hydrogen-bond acceptors (Lipinski definition) is 6. The molecule has 0 bridgehead atoms. The lowest BCUT2D eigenvalue weighted by Crippen LogP contribution is -2.38. The van der Waals surface area contributed by atoms with Crippen molar-refractivity contribution in [2.75, 3.05) is 11.4 Å². The molecule has 0 spiro atoms. The van der Waals surface area contributed by atoms with E-state index in [0.29, 0.717) is 12.5 Å². The molecule has 7 nitrogen and oxygen atoms in total. The van der Waals surface area contributed by atoms with Crippen LogP contribution in [0.25, 0.3) is 11.3 Å². The normalized spacial score (nSPS) is 19.1. The fourth-order valence-corrected chi connectivity index (χ4v) is 3.85. The largest absolute Gasteiger partial charge is 0.336 e. The number of anilines is 1. The van der Waals surface area contributed by atoms with Crippen molar-refractivity contribution in [1.29, 1.82) is 0 Å². The molecule has 0 amide bonds.